The Morgan fingerprint density at radius 1 is 1.20 bits per heavy atom. The van der Waals surface area contributed by atoms with Crippen molar-refractivity contribution in [2.45, 2.75) is 25.7 Å². The van der Waals surface area contributed by atoms with Gasteiger partial charge in [0.2, 0.25) is 0 Å². The summed E-state index contributed by atoms with van der Waals surface area (Å²) in [7, 11) is 0. The first kappa shape index (κ1) is 9.43. The Balaban J connectivity index is 2.70. The van der Waals surface area contributed by atoms with Crippen LogP contribution in [0.5, 0.6) is 0 Å². The average Bonchev–Trinajstić information content (AvgIpc) is 1.97. The van der Waals surface area contributed by atoms with Crippen LogP contribution in [0.2, 0.25) is 0 Å². The number of hydrogen-bond donors (Lipinski definition) is 2. The second-order valence-electron chi connectivity index (χ2n) is 2.23. The third-order valence-electron chi connectivity index (χ3n) is 1.33. The fourth-order valence-corrected chi connectivity index (χ4v) is 0.762. The SMILES string of the molecule is NCCCCCCN[C-]=O. The first-order valence-electron chi connectivity index (χ1n) is 3.72. The molecule has 60 valence electrons. The van der Waals surface area contributed by atoms with Crippen LogP contribution < -0.4 is 11.1 Å². The van der Waals surface area contributed by atoms with E-state index in [0.717, 1.165) is 38.8 Å². The summed E-state index contributed by atoms with van der Waals surface area (Å²) < 4.78 is 0. The smallest absolute Gasteiger partial charge is 0.00773 e. The summed E-state index contributed by atoms with van der Waals surface area (Å²) in [5.74, 6) is 0. The lowest BCUT2D eigenvalue weighted by atomic mass is 10.2. The Kier molecular flexibility index (Phi) is 7.95. The number of amides is 1. The van der Waals surface area contributed by atoms with Crippen LogP contribution in [0.25, 0.3) is 0 Å². The Bertz CT molecular complexity index is 76.0. The number of carbonyl (C=O) groups excluding carboxylic acids is 1. The minimum Gasteiger partial charge on any atom is -0.530 e. The van der Waals surface area contributed by atoms with Crippen LogP contribution in [0.15, 0.2) is 0 Å². The molecule has 0 fully saturated rings. The maximum atomic E-state index is 9.64. The van der Waals surface area contributed by atoms with Crippen molar-refractivity contribution in [2.75, 3.05) is 13.1 Å². The van der Waals surface area contributed by atoms with Gasteiger partial charge in [-0.1, -0.05) is 12.8 Å². The Hall–Kier alpha value is -0.570. The zero-order chi connectivity index (χ0) is 7.66. The summed E-state index contributed by atoms with van der Waals surface area (Å²) in [5.41, 5.74) is 5.29. The van der Waals surface area contributed by atoms with Crippen molar-refractivity contribution in [2.24, 2.45) is 5.73 Å². The van der Waals surface area contributed by atoms with Gasteiger partial charge in [0.05, 0.1) is 0 Å². The van der Waals surface area contributed by atoms with Gasteiger partial charge in [-0.15, -0.1) is 0 Å². The van der Waals surface area contributed by atoms with Gasteiger partial charge in [-0.2, -0.15) is 6.41 Å². The topological polar surface area (TPSA) is 55.1 Å². The van der Waals surface area contributed by atoms with Gasteiger partial charge in [0.1, 0.15) is 0 Å². The maximum Gasteiger partial charge on any atom is -0.00773 e. The second-order valence-corrected chi connectivity index (χ2v) is 2.23. The first-order valence-corrected chi connectivity index (χ1v) is 3.72. The molecule has 0 heterocycles. The quantitative estimate of drug-likeness (QED) is 0.303. The molecule has 0 unspecified atom stereocenters. The van der Waals surface area contributed by atoms with Crippen LogP contribution in [0.4, 0.5) is 0 Å². The van der Waals surface area contributed by atoms with E-state index in [2.05, 4.69) is 5.32 Å². The number of nitrogens with one attached hydrogen (secondary N) is 1. The lowest BCUT2D eigenvalue weighted by molar-refractivity contribution is 0.536. The van der Waals surface area contributed by atoms with Crippen molar-refractivity contribution in [3.63, 3.8) is 0 Å². The zero-order valence-corrected chi connectivity index (χ0v) is 6.23. The zero-order valence-electron chi connectivity index (χ0n) is 6.23. The molecule has 0 aromatic rings. The lowest BCUT2D eigenvalue weighted by Gasteiger charge is -2.04. The fourth-order valence-electron chi connectivity index (χ4n) is 0.762. The van der Waals surface area contributed by atoms with Gasteiger partial charge in [-0.25, -0.2) is 0 Å². The molecule has 0 aliphatic carbocycles. The third-order valence-corrected chi connectivity index (χ3v) is 1.33. The predicted octanol–water partition coefficient (Wildman–Crippen LogP) is 0.162. The summed E-state index contributed by atoms with van der Waals surface area (Å²) >= 11 is 0. The first-order chi connectivity index (χ1) is 4.91. The highest BCUT2D eigenvalue weighted by molar-refractivity contribution is 5.46. The van der Waals surface area contributed by atoms with Gasteiger partial charge >= 0.3 is 0 Å². The Morgan fingerprint density at radius 2 is 1.90 bits per heavy atom. The molecule has 0 aromatic carbocycles. The van der Waals surface area contributed by atoms with Crippen LogP contribution in [-0.2, 0) is 4.79 Å². The van der Waals surface area contributed by atoms with E-state index in [1.807, 2.05) is 0 Å². The molecule has 0 spiro atoms. The van der Waals surface area contributed by atoms with Gasteiger partial charge in [-0.3, -0.25) is 0 Å². The molecular weight excluding hydrogens is 128 g/mol. The summed E-state index contributed by atoms with van der Waals surface area (Å²) in [5, 5.41) is 2.49. The van der Waals surface area contributed by atoms with Crippen molar-refractivity contribution >= 4 is 6.41 Å². The van der Waals surface area contributed by atoms with Crippen molar-refractivity contribution in [1.82, 2.24) is 5.32 Å². The van der Waals surface area contributed by atoms with Crippen LogP contribution in [0.3, 0.4) is 0 Å². The van der Waals surface area contributed by atoms with Crippen LogP contribution in [0.1, 0.15) is 25.7 Å². The van der Waals surface area contributed by atoms with Crippen LogP contribution in [0, 0.1) is 0 Å². The van der Waals surface area contributed by atoms with E-state index in [4.69, 9.17) is 5.73 Å². The van der Waals surface area contributed by atoms with Crippen molar-refractivity contribution < 1.29 is 4.79 Å². The summed E-state index contributed by atoms with van der Waals surface area (Å²) in [6.07, 6.45) is 6.07. The number of rotatable bonds is 7. The van der Waals surface area contributed by atoms with E-state index in [-0.39, 0.29) is 0 Å². The van der Waals surface area contributed by atoms with E-state index in [0.29, 0.717) is 0 Å². The molecule has 0 aromatic heterocycles. The summed E-state index contributed by atoms with van der Waals surface area (Å²) in [4.78, 5) is 9.64. The molecule has 0 rings (SSSR count). The fraction of sp³-hybridized carbons (Fsp3) is 0.857. The van der Waals surface area contributed by atoms with Gasteiger partial charge < -0.3 is 15.8 Å². The molecule has 0 radical (unpaired) electrons. The normalized spacial score (nSPS) is 9.30. The maximum absolute atomic E-state index is 9.64. The minimum absolute atomic E-state index is 0.744. The molecule has 3 heteroatoms. The molecule has 3 nitrogen and oxygen atoms in total. The molecule has 0 aliphatic heterocycles. The number of unbranched alkanes of at least 4 members (excludes halogenated alkanes) is 3. The average molecular weight is 143 g/mol. The Morgan fingerprint density at radius 3 is 2.50 bits per heavy atom. The van der Waals surface area contributed by atoms with E-state index in [9.17, 15) is 4.79 Å². The molecule has 0 atom stereocenters. The molecule has 0 bridgehead atoms. The molecule has 0 aliphatic rings. The van der Waals surface area contributed by atoms with Crippen molar-refractivity contribution in [1.29, 1.82) is 0 Å². The van der Waals surface area contributed by atoms with Crippen molar-refractivity contribution in [3.8, 4) is 0 Å². The molecule has 1 amide bonds. The highest BCUT2D eigenvalue weighted by atomic mass is 16.1. The van der Waals surface area contributed by atoms with E-state index in [1.54, 1.807) is 6.41 Å². The minimum atomic E-state index is 0.744. The third kappa shape index (κ3) is 7.43. The van der Waals surface area contributed by atoms with Gasteiger partial charge in [0.15, 0.2) is 0 Å². The van der Waals surface area contributed by atoms with Gasteiger partial charge in [0.25, 0.3) is 0 Å². The van der Waals surface area contributed by atoms with E-state index < -0.39 is 0 Å². The summed E-state index contributed by atoms with van der Waals surface area (Å²) in [6, 6.07) is 0. The van der Waals surface area contributed by atoms with Gasteiger partial charge in [0, 0.05) is 0 Å². The molecule has 0 saturated heterocycles. The van der Waals surface area contributed by atoms with E-state index >= 15 is 0 Å². The highest BCUT2D eigenvalue weighted by Gasteiger charge is 1.84. The number of nitrogens with two attached hydrogens (primary N) is 1. The molecule has 3 N–H and O–H groups in total. The molecule has 10 heavy (non-hydrogen) atoms. The summed E-state index contributed by atoms with van der Waals surface area (Å²) in [6.45, 7) is 1.52. The molecular formula is C7H15N2O-. The molecule has 0 saturated carbocycles. The lowest BCUT2D eigenvalue weighted by Crippen LogP contribution is -2.11. The van der Waals surface area contributed by atoms with Crippen LogP contribution >= 0.6 is 0 Å². The van der Waals surface area contributed by atoms with Crippen LogP contribution in [-0.4, -0.2) is 19.5 Å². The second kappa shape index (κ2) is 8.43. The largest absolute Gasteiger partial charge is 0.530 e. The van der Waals surface area contributed by atoms with E-state index in [1.165, 1.54) is 0 Å². The van der Waals surface area contributed by atoms with Crippen molar-refractivity contribution in [3.05, 3.63) is 0 Å². The Labute approximate surface area is 62.0 Å². The van der Waals surface area contributed by atoms with Gasteiger partial charge in [-0.05, 0) is 25.9 Å². The standard InChI is InChI=1S/C7H15N2O/c8-5-3-1-2-4-6-9-7-10/h1-6,8H2,(H,9,10)/q-1. The highest BCUT2D eigenvalue weighted by Crippen LogP contribution is 1.96. The predicted molar refractivity (Wildman–Crippen MR) is 41.2 cm³/mol. The number of hydrogen-bond acceptors (Lipinski definition) is 2. The monoisotopic (exact) mass is 143 g/mol.